The zero-order valence-corrected chi connectivity index (χ0v) is 11.0. The molecule has 0 aromatic rings. The summed E-state index contributed by atoms with van der Waals surface area (Å²) in [5, 5.41) is 0. The zero-order valence-electron chi connectivity index (χ0n) is 10.2. The average molecular weight is 250 g/mol. The van der Waals surface area contributed by atoms with Gasteiger partial charge in [-0.2, -0.15) is 0 Å². The van der Waals surface area contributed by atoms with Crippen LogP contribution in [0.15, 0.2) is 0 Å². The van der Waals surface area contributed by atoms with Gasteiger partial charge in [-0.1, -0.05) is 45.4 Å². The van der Waals surface area contributed by atoms with E-state index >= 15 is 0 Å². The first kappa shape index (κ1) is 14.2. The molecule has 0 unspecified atom stereocenters. The highest BCUT2D eigenvalue weighted by atomic mass is 31.2. The molecular formula is C11H23O4P. The molecule has 1 rings (SSSR count). The normalized spacial score (nSPS) is 19.1. The summed E-state index contributed by atoms with van der Waals surface area (Å²) in [4.78, 5) is 0. The molecule has 0 saturated carbocycles. The number of hydrogen-bond acceptors (Lipinski definition) is 4. The van der Waals surface area contributed by atoms with Crippen LogP contribution in [0.3, 0.4) is 0 Å². The Morgan fingerprint density at radius 1 is 1.00 bits per heavy atom. The van der Waals surface area contributed by atoms with E-state index in [9.17, 15) is 4.57 Å². The van der Waals surface area contributed by atoms with Crippen LogP contribution in [0, 0.1) is 0 Å². The van der Waals surface area contributed by atoms with E-state index in [0.717, 1.165) is 12.8 Å². The quantitative estimate of drug-likeness (QED) is 0.459. The van der Waals surface area contributed by atoms with Crippen LogP contribution in [0.1, 0.15) is 51.9 Å². The Morgan fingerprint density at radius 2 is 1.56 bits per heavy atom. The van der Waals surface area contributed by atoms with Gasteiger partial charge in [0.15, 0.2) is 0 Å². The van der Waals surface area contributed by atoms with Gasteiger partial charge in [-0.3, -0.25) is 13.6 Å². The maximum Gasteiger partial charge on any atom is 0.474 e. The van der Waals surface area contributed by atoms with Crippen LogP contribution in [-0.2, 0) is 18.1 Å². The molecule has 4 nitrogen and oxygen atoms in total. The van der Waals surface area contributed by atoms with Crippen LogP contribution < -0.4 is 0 Å². The van der Waals surface area contributed by atoms with Gasteiger partial charge in [-0.25, -0.2) is 4.57 Å². The fraction of sp³-hybridized carbons (Fsp3) is 1.00. The molecule has 1 saturated heterocycles. The first-order chi connectivity index (χ1) is 7.77. The molecule has 16 heavy (non-hydrogen) atoms. The molecular weight excluding hydrogens is 227 g/mol. The molecule has 1 fully saturated rings. The molecule has 1 aliphatic heterocycles. The monoisotopic (exact) mass is 250 g/mol. The Hall–Kier alpha value is 0.110. The smallest absolute Gasteiger partial charge is 0.287 e. The standard InChI is InChI=1S/C11H23O4P/c1-2-3-4-5-6-7-8-9-13-16(12)14-10-11-15-16/h2-11H2,1H3. The second-order valence-corrected chi connectivity index (χ2v) is 5.74. The lowest BCUT2D eigenvalue weighted by molar-refractivity contribution is 0.187. The highest BCUT2D eigenvalue weighted by Crippen LogP contribution is 2.52. The summed E-state index contributed by atoms with van der Waals surface area (Å²) in [6.45, 7) is 3.46. The number of unbranched alkanes of at least 4 members (excludes halogenated alkanes) is 6. The maximum absolute atomic E-state index is 11.5. The van der Waals surface area contributed by atoms with E-state index in [1.807, 2.05) is 0 Å². The van der Waals surface area contributed by atoms with Gasteiger partial charge in [0, 0.05) is 0 Å². The summed E-state index contributed by atoms with van der Waals surface area (Å²) in [6, 6.07) is 0. The number of hydrogen-bond donors (Lipinski definition) is 0. The van der Waals surface area contributed by atoms with E-state index in [2.05, 4.69) is 6.92 Å². The van der Waals surface area contributed by atoms with E-state index in [4.69, 9.17) is 13.6 Å². The van der Waals surface area contributed by atoms with Crippen molar-refractivity contribution >= 4 is 7.82 Å². The van der Waals surface area contributed by atoms with E-state index in [1.54, 1.807) is 0 Å². The molecule has 1 aliphatic rings. The van der Waals surface area contributed by atoms with Crippen molar-refractivity contribution in [2.24, 2.45) is 0 Å². The minimum absolute atomic E-state index is 0.383. The molecule has 0 N–H and O–H groups in total. The van der Waals surface area contributed by atoms with E-state index in [-0.39, 0.29) is 0 Å². The fourth-order valence-corrected chi connectivity index (χ4v) is 2.82. The van der Waals surface area contributed by atoms with E-state index in [1.165, 1.54) is 32.1 Å². The van der Waals surface area contributed by atoms with Crippen LogP contribution in [0.25, 0.3) is 0 Å². The summed E-state index contributed by atoms with van der Waals surface area (Å²) in [5.41, 5.74) is 0. The molecule has 0 radical (unpaired) electrons. The highest BCUT2D eigenvalue weighted by Gasteiger charge is 2.31. The van der Waals surface area contributed by atoms with Crippen LogP contribution in [0.2, 0.25) is 0 Å². The van der Waals surface area contributed by atoms with Crippen molar-refractivity contribution in [1.29, 1.82) is 0 Å². The van der Waals surface area contributed by atoms with Crippen molar-refractivity contribution in [3.8, 4) is 0 Å². The summed E-state index contributed by atoms with van der Waals surface area (Å²) in [7, 11) is -3.14. The highest BCUT2D eigenvalue weighted by molar-refractivity contribution is 7.48. The van der Waals surface area contributed by atoms with Gasteiger partial charge in [-0.15, -0.1) is 0 Å². The van der Waals surface area contributed by atoms with Gasteiger partial charge in [0.2, 0.25) is 0 Å². The molecule has 0 aromatic carbocycles. The van der Waals surface area contributed by atoms with Gasteiger partial charge in [0.25, 0.3) is 0 Å². The Morgan fingerprint density at radius 3 is 2.19 bits per heavy atom. The third-order valence-electron chi connectivity index (χ3n) is 2.58. The van der Waals surface area contributed by atoms with E-state index in [0.29, 0.717) is 19.8 Å². The van der Waals surface area contributed by atoms with Crippen molar-refractivity contribution in [2.45, 2.75) is 51.9 Å². The summed E-state index contributed by atoms with van der Waals surface area (Å²) >= 11 is 0. The predicted octanol–water partition coefficient (Wildman–Crippen LogP) is 3.91. The molecule has 0 amide bonds. The largest absolute Gasteiger partial charge is 0.474 e. The summed E-state index contributed by atoms with van der Waals surface area (Å²) in [5.74, 6) is 0. The number of rotatable bonds is 9. The third kappa shape index (κ3) is 6.00. The molecule has 1 heterocycles. The first-order valence-electron chi connectivity index (χ1n) is 6.30. The second-order valence-electron chi connectivity index (χ2n) is 4.07. The van der Waals surface area contributed by atoms with Crippen molar-refractivity contribution in [1.82, 2.24) is 0 Å². The topological polar surface area (TPSA) is 44.8 Å². The van der Waals surface area contributed by atoms with Gasteiger partial charge >= 0.3 is 7.82 Å². The van der Waals surface area contributed by atoms with Crippen molar-refractivity contribution in [3.05, 3.63) is 0 Å². The second kappa shape index (κ2) is 8.24. The lowest BCUT2D eigenvalue weighted by Crippen LogP contribution is -1.93. The zero-order chi connectivity index (χ0) is 11.7. The van der Waals surface area contributed by atoms with Crippen molar-refractivity contribution in [2.75, 3.05) is 19.8 Å². The molecule has 0 aliphatic carbocycles. The van der Waals surface area contributed by atoms with Crippen LogP contribution >= 0.6 is 7.82 Å². The van der Waals surface area contributed by atoms with Crippen molar-refractivity contribution < 1.29 is 18.1 Å². The van der Waals surface area contributed by atoms with Gasteiger partial charge in [0.05, 0.1) is 19.8 Å². The van der Waals surface area contributed by atoms with Crippen LogP contribution in [0.4, 0.5) is 0 Å². The maximum atomic E-state index is 11.5. The Kier molecular flexibility index (Phi) is 7.30. The number of phosphoric acid groups is 1. The molecule has 0 atom stereocenters. The number of phosphoric ester groups is 1. The minimum Gasteiger partial charge on any atom is -0.287 e. The SMILES string of the molecule is CCCCCCCCCOP1(=O)OCCO1. The third-order valence-corrected chi connectivity index (χ3v) is 4.08. The molecule has 96 valence electrons. The molecule has 5 heteroatoms. The fourth-order valence-electron chi connectivity index (χ4n) is 1.65. The van der Waals surface area contributed by atoms with Crippen LogP contribution in [-0.4, -0.2) is 19.8 Å². The lowest BCUT2D eigenvalue weighted by Gasteiger charge is -2.09. The summed E-state index contributed by atoms with van der Waals surface area (Å²) < 4.78 is 26.5. The molecule has 0 bridgehead atoms. The molecule has 0 spiro atoms. The van der Waals surface area contributed by atoms with Gasteiger partial charge < -0.3 is 0 Å². The first-order valence-corrected chi connectivity index (χ1v) is 7.76. The van der Waals surface area contributed by atoms with E-state index < -0.39 is 7.82 Å². The summed E-state index contributed by atoms with van der Waals surface area (Å²) in [6.07, 6.45) is 8.51. The van der Waals surface area contributed by atoms with Crippen LogP contribution in [0.5, 0.6) is 0 Å². The Balaban J connectivity index is 1.86. The molecule has 0 aromatic heterocycles. The van der Waals surface area contributed by atoms with Crippen molar-refractivity contribution in [3.63, 3.8) is 0 Å². The Bertz CT molecular complexity index is 210. The Labute approximate surface area is 98.3 Å². The minimum atomic E-state index is -3.14. The lowest BCUT2D eigenvalue weighted by atomic mass is 10.1. The average Bonchev–Trinajstić information content (AvgIpc) is 2.70. The predicted molar refractivity (Wildman–Crippen MR) is 63.5 cm³/mol. The van der Waals surface area contributed by atoms with Gasteiger partial charge in [-0.05, 0) is 6.42 Å². The van der Waals surface area contributed by atoms with Gasteiger partial charge in [0.1, 0.15) is 0 Å².